The van der Waals surface area contributed by atoms with Crippen molar-refractivity contribution in [3.63, 3.8) is 0 Å². The highest BCUT2D eigenvalue weighted by Crippen LogP contribution is 2.19. The molecule has 0 unspecified atom stereocenters. The Morgan fingerprint density at radius 3 is 2.90 bits per heavy atom. The average Bonchev–Trinajstić information content (AvgIpc) is 2.84. The normalized spacial score (nSPS) is 11.4. The summed E-state index contributed by atoms with van der Waals surface area (Å²) in [6, 6.07) is 4.00. The van der Waals surface area contributed by atoms with Gasteiger partial charge in [0, 0.05) is 7.05 Å². The molecule has 104 valence electrons. The third-order valence-electron chi connectivity index (χ3n) is 2.68. The number of nitrogens with one attached hydrogen (secondary N) is 1. The van der Waals surface area contributed by atoms with Crippen molar-refractivity contribution in [2.24, 2.45) is 17.9 Å². The summed E-state index contributed by atoms with van der Waals surface area (Å²) in [5.41, 5.74) is 5.63. The number of carbonyl (C=O) groups excluding carboxylic acids is 1. The van der Waals surface area contributed by atoms with Crippen LogP contribution in [-0.2, 0) is 7.05 Å². The summed E-state index contributed by atoms with van der Waals surface area (Å²) in [6.07, 6.45) is 2.84. The van der Waals surface area contributed by atoms with Gasteiger partial charge >= 0.3 is 0 Å². The Kier molecular flexibility index (Phi) is 3.65. The highest BCUT2D eigenvalue weighted by Gasteiger charge is 2.17. The van der Waals surface area contributed by atoms with Crippen LogP contribution in [0.15, 0.2) is 35.9 Å². The van der Waals surface area contributed by atoms with Crippen LogP contribution in [0.4, 0.5) is 10.1 Å². The van der Waals surface area contributed by atoms with Gasteiger partial charge in [0.05, 0.1) is 23.8 Å². The first-order chi connectivity index (χ1) is 9.54. The molecular formula is C12H12FN5O2. The van der Waals surface area contributed by atoms with Crippen molar-refractivity contribution in [3.8, 4) is 0 Å². The molecule has 0 radical (unpaired) electrons. The van der Waals surface area contributed by atoms with Crippen LogP contribution in [0.5, 0.6) is 0 Å². The predicted octanol–water partition coefficient (Wildman–Crippen LogP) is 0.906. The minimum atomic E-state index is -0.705. The number of nitrogens with two attached hydrogens (primary N) is 1. The van der Waals surface area contributed by atoms with E-state index >= 15 is 0 Å². The fourth-order valence-corrected chi connectivity index (χ4v) is 1.70. The first-order valence-electron chi connectivity index (χ1n) is 5.58. The number of benzene rings is 1. The molecule has 7 nitrogen and oxygen atoms in total. The number of aryl methyl sites for hydroxylation is 1. The van der Waals surface area contributed by atoms with Crippen molar-refractivity contribution in [1.29, 1.82) is 0 Å². The van der Waals surface area contributed by atoms with E-state index in [0.29, 0.717) is 5.69 Å². The maximum absolute atomic E-state index is 13.7. The molecular weight excluding hydrogens is 265 g/mol. The third kappa shape index (κ3) is 2.44. The van der Waals surface area contributed by atoms with Gasteiger partial charge in [0.1, 0.15) is 11.5 Å². The summed E-state index contributed by atoms with van der Waals surface area (Å²) in [5.74, 6) is -1.62. The molecule has 2 aromatic rings. The number of oxime groups is 1. The van der Waals surface area contributed by atoms with Crippen LogP contribution in [0.25, 0.3) is 0 Å². The van der Waals surface area contributed by atoms with Gasteiger partial charge in [-0.3, -0.25) is 4.79 Å². The molecule has 0 aliphatic heterocycles. The molecule has 20 heavy (non-hydrogen) atoms. The van der Waals surface area contributed by atoms with Gasteiger partial charge in [-0.15, -0.1) is 0 Å². The van der Waals surface area contributed by atoms with Gasteiger partial charge < -0.3 is 20.8 Å². The average molecular weight is 277 g/mol. The third-order valence-corrected chi connectivity index (χ3v) is 2.68. The Morgan fingerprint density at radius 2 is 2.30 bits per heavy atom. The fraction of sp³-hybridized carbons (Fsp3) is 0.0833. The number of carbonyl (C=O) groups is 1. The zero-order chi connectivity index (χ0) is 14.7. The fourth-order valence-electron chi connectivity index (χ4n) is 1.70. The van der Waals surface area contributed by atoms with Crippen LogP contribution in [-0.4, -0.2) is 26.5 Å². The van der Waals surface area contributed by atoms with Crippen molar-refractivity contribution >= 4 is 17.4 Å². The Labute approximate surface area is 113 Å². The summed E-state index contributed by atoms with van der Waals surface area (Å²) in [4.78, 5) is 15.8. The summed E-state index contributed by atoms with van der Waals surface area (Å²) >= 11 is 0. The zero-order valence-electron chi connectivity index (χ0n) is 10.5. The lowest BCUT2D eigenvalue weighted by Crippen LogP contribution is -2.21. The number of amidine groups is 1. The molecule has 1 amide bonds. The molecule has 0 spiro atoms. The van der Waals surface area contributed by atoms with Gasteiger partial charge in [-0.25, -0.2) is 9.37 Å². The summed E-state index contributed by atoms with van der Waals surface area (Å²) < 4.78 is 15.2. The smallest absolute Gasteiger partial charge is 0.273 e. The number of nitrogens with zero attached hydrogens (tertiary/aromatic N) is 3. The molecule has 2 rings (SSSR count). The van der Waals surface area contributed by atoms with Crippen LogP contribution in [0.3, 0.4) is 0 Å². The van der Waals surface area contributed by atoms with Crippen LogP contribution >= 0.6 is 0 Å². The van der Waals surface area contributed by atoms with Gasteiger partial charge in [0.15, 0.2) is 5.84 Å². The highest BCUT2D eigenvalue weighted by molar-refractivity contribution is 6.09. The van der Waals surface area contributed by atoms with E-state index in [-0.39, 0.29) is 11.3 Å². The second-order valence-corrected chi connectivity index (χ2v) is 3.99. The topological polar surface area (TPSA) is 106 Å². The van der Waals surface area contributed by atoms with Gasteiger partial charge in [0.2, 0.25) is 0 Å². The van der Waals surface area contributed by atoms with Crippen LogP contribution < -0.4 is 11.1 Å². The Morgan fingerprint density at radius 1 is 1.55 bits per heavy atom. The molecule has 1 heterocycles. The minimum absolute atomic E-state index is 0.103. The van der Waals surface area contributed by atoms with E-state index < -0.39 is 17.6 Å². The summed E-state index contributed by atoms with van der Waals surface area (Å²) in [6.45, 7) is 0. The number of anilines is 1. The Balaban J connectivity index is 2.38. The Bertz CT molecular complexity index is 680. The van der Waals surface area contributed by atoms with Crippen molar-refractivity contribution in [2.45, 2.75) is 0 Å². The molecule has 1 aromatic carbocycles. The van der Waals surface area contributed by atoms with Crippen molar-refractivity contribution in [1.82, 2.24) is 9.55 Å². The quantitative estimate of drug-likeness (QED) is 0.335. The summed E-state index contributed by atoms with van der Waals surface area (Å²) in [5, 5.41) is 13.9. The van der Waals surface area contributed by atoms with Crippen molar-refractivity contribution in [2.75, 3.05) is 5.32 Å². The van der Waals surface area contributed by atoms with Crippen molar-refractivity contribution < 1.29 is 14.4 Å². The highest BCUT2D eigenvalue weighted by atomic mass is 19.1. The first-order valence-corrected chi connectivity index (χ1v) is 5.58. The molecule has 0 aliphatic rings. The number of hydrogen-bond acceptors (Lipinski definition) is 4. The SMILES string of the molecule is Cn1cncc1C(=O)Nc1cccc(F)c1/C(N)=N/O. The predicted molar refractivity (Wildman–Crippen MR) is 70.1 cm³/mol. The maximum Gasteiger partial charge on any atom is 0.273 e. The molecule has 4 N–H and O–H groups in total. The number of hydrogen-bond donors (Lipinski definition) is 3. The minimum Gasteiger partial charge on any atom is -0.409 e. The zero-order valence-corrected chi connectivity index (χ0v) is 10.5. The second kappa shape index (κ2) is 5.39. The summed E-state index contributed by atoms with van der Waals surface area (Å²) in [7, 11) is 1.65. The lowest BCUT2D eigenvalue weighted by molar-refractivity contribution is 0.101. The lowest BCUT2D eigenvalue weighted by atomic mass is 10.1. The number of amides is 1. The molecule has 1 aromatic heterocycles. The van der Waals surface area contributed by atoms with E-state index in [1.807, 2.05) is 0 Å². The van der Waals surface area contributed by atoms with E-state index in [2.05, 4.69) is 15.5 Å². The number of aromatic nitrogens is 2. The lowest BCUT2D eigenvalue weighted by Gasteiger charge is -2.11. The molecule has 0 atom stereocenters. The van der Waals surface area contributed by atoms with Crippen LogP contribution in [0.2, 0.25) is 0 Å². The molecule has 0 saturated carbocycles. The standard InChI is InChI=1S/C12H12FN5O2/c1-18-6-15-5-9(18)12(19)16-8-4-2-3-7(13)10(8)11(14)17-20/h2-6,20H,1H3,(H2,14,17)(H,16,19). The maximum atomic E-state index is 13.7. The van der Waals surface area contributed by atoms with E-state index in [1.54, 1.807) is 7.05 Å². The first kappa shape index (κ1) is 13.5. The van der Waals surface area contributed by atoms with Crippen LogP contribution in [0.1, 0.15) is 16.1 Å². The largest absolute Gasteiger partial charge is 0.409 e. The van der Waals surface area contributed by atoms with E-state index in [0.717, 1.165) is 6.07 Å². The number of imidazole rings is 1. The molecule has 0 saturated heterocycles. The Hall–Kier alpha value is -2.90. The molecule has 0 fully saturated rings. The van der Waals surface area contributed by atoms with E-state index in [1.165, 1.54) is 29.2 Å². The van der Waals surface area contributed by atoms with E-state index in [4.69, 9.17) is 10.9 Å². The van der Waals surface area contributed by atoms with Gasteiger partial charge in [-0.05, 0) is 12.1 Å². The number of rotatable bonds is 3. The molecule has 0 aliphatic carbocycles. The molecule has 8 heteroatoms. The number of halogens is 1. The second-order valence-electron chi connectivity index (χ2n) is 3.99. The van der Waals surface area contributed by atoms with Crippen LogP contribution in [0, 0.1) is 5.82 Å². The van der Waals surface area contributed by atoms with Crippen molar-refractivity contribution in [3.05, 3.63) is 47.8 Å². The van der Waals surface area contributed by atoms with Gasteiger partial charge in [-0.1, -0.05) is 11.2 Å². The molecule has 0 bridgehead atoms. The monoisotopic (exact) mass is 277 g/mol. The van der Waals surface area contributed by atoms with Gasteiger partial charge in [-0.2, -0.15) is 0 Å². The van der Waals surface area contributed by atoms with E-state index in [9.17, 15) is 9.18 Å². The van der Waals surface area contributed by atoms with Gasteiger partial charge in [0.25, 0.3) is 5.91 Å².